The highest BCUT2D eigenvalue weighted by atomic mass is 16.6. The van der Waals surface area contributed by atoms with Gasteiger partial charge in [-0.05, 0) is 19.1 Å². The highest BCUT2D eigenvalue weighted by molar-refractivity contribution is 6.30. The van der Waals surface area contributed by atoms with Crippen LogP contribution in [0.2, 0.25) is 0 Å². The number of carbonyl (C=O) groups is 4. The SMILES string of the molecule is CCOC(=O)COC(=O)c1ccc2c(c1[N+](=O)[O-])C(=O)c1ccccc1C2=O. The van der Waals surface area contributed by atoms with E-state index >= 15 is 0 Å². The number of carbonyl (C=O) groups excluding carboxylic acids is 4. The van der Waals surface area contributed by atoms with Gasteiger partial charge in [-0.15, -0.1) is 0 Å². The van der Waals surface area contributed by atoms with Gasteiger partial charge in [-0.2, -0.15) is 0 Å². The van der Waals surface area contributed by atoms with Crippen molar-refractivity contribution in [3.05, 3.63) is 74.3 Å². The summed E-state index contributed by atoms with van der Waals surface area (Å²) in [5.41, 5.74) is -1.86. The van der Waals surface area contributed by atoms with E-state index in [1.54, 1.807) is 13.0 Å². The third kappa shape index (κ3) is 3.13. The molecule has 0 N–H and O–H groups in total. The van der Waals surface area contributed by atoms with Crippen LogP contribution in [0.15, 0.2) is 36.4 Å². The topological polar surface area (TPSA) is 130 Å². The number of rotatable bonds is 5. The molecule has 0 bridgehead atoms. The van der Waals surface area contributed by atoms with Gasteiger partial charge in [-0.3, -0.25) is 19.7 Å². The van der Waals surface area contributed by atoms with Crippen molar-refractivity contribution >= 4 is 29.2 Å². The average molecular weight is 383 g/mol. The first-order chi connectivity index (χ1) is 13.4. The normalized spacial score (nSPS) is 12.0. The molecule has 9 heteroatoms. The zero-order chi connectivity index (χ0) is 20.4. The van der Waals surface area contributed by atoms with E-state index in [0.717, 1.165) is 6.07 Å². The zero-order valence-corrected chi connectivity index (χ0v) is 14.6. The number of ether oxygens (including phenoxy) is 2. The Labute approximate surface area is 158 Å². The van der Waals surface area contributed by atoms with Crippen LogP contribution in [-0.4, -0.2) is 41.6 Å². The fourth-order valence-electron chi connectivity index (χ4n) is 2.93. The summed E-state index contributed by atoms with van der Waals surface area (Å²) in [6, 6.07) is 8.13. The first-order valence-corrected chi connectivity index (χ1v) is 8.19. The van der Waals surface area contributed by atoms with Crippen molar-refractivity contribution in [2.24, 2.45) is 0 Å². The molecule has 0 saturated carbocycles. The molecular weight excluding hydrogens is 370 g/mol. The van der Waals surface area contributed by atoms with Gasteiger partial charge in [0.15, 0.2) is 12.4 Å². The lowest BCUT2D eigenvalue weighted by molar-refractivity contribution is -0.385. The first kappa shape index (κ1) is 18.9. The Bertz CT molecular complexity index is 1040. The lowest BCUT2D eigenvalue weighted by Crippen LogP contribution is -2.24. The molecule has 0 atom stereocenters. The van der Waals surface area contributed by atoms with Gasteiger partial charge >= 0.3 is 11.9 Å². The number of nitro benzene ring substituents is 1. The van der Waals surface area contributed by atoms with Gasteiger partial charge < -0.3 is 9.47 Å². The van der Waals surface area contributed by atoms with E-state index in [1.807, 2.05) is 0 Å². The minimum Gasteiger partial charge on any atom is -0.463 e. The Balaban J connectivity index is 2.07. The van der Waals surface area contributed by atoms with Gasteiger partial charge in [0.25, 0.3) is 5.69 Å². The first-order valence-electron chi connectivity index (χ1n) is 8.19. The number of benzene rings is 2. The highest BCUT2D eigenvalue weighted by Crippen LogP contribution is 2.35. The van der Waals surface area contributed by atoms with Crippen LogP contribution in [0.25, 0.3) is 0 Å². The molecule has 0 spiro atoms. The Morgan fingerprint density at radius 1 is 0.964 bits per heavy atom. The number of ketones is 2. The van der Waals surface area contributed by atoms with E-state index in [1.165, 1.54) is 24.3 Å². The molecule has 2 aromatic carbocycles. The Morgan fingerprint density at radius 2 is 1.61 bits per heavy atom. The van der Waals surface area contributed by atoms with Gasteiger partial charge in [0.05, 0.1) is 11.5 Å². The molecule has 1 aliphatic carbocycles. The minimum atomic E-state index is -1.18. The minimum absolute atomic E-state index is 0.0140. The van der Waals surface area contributed by atoms with Crippen LogP contribution in [-0.2, 0) is 14.3 Å². The highest BCUT2D eigenvalue weighted by Gasteiger charge is 2.39. The van der Waals surface area contributed by atoms with Gasteiger partial charge in [-0.25, -0.2) is 9.59 Å². The Morgan fingerprint density at radius 3 is 2.21 bits per heavy atom. The molecule has 2 aromatic rings. The summed E-state index contributed by atoms with van der Waals surface area (Å²) in [5, 5.41) is 11.6. The van der Waals surface area contributed by atoms with E-state index in [4.69, 9.17) is 4.74 Å². The van der Waals surface area contributed by atoms with Crippen molar-refractivity contribution in [2.45, 2.75) is 6.92 Å². The second kappa shape index (κ2) is 7.39. The van der Waals surface area contributed by atoms with E-state index in [2.05, 4.69) is 4.74 Å². The fourth-order valence-corrected chi connectivity index (χ4v) is 2.93. The van der Waals surface area contributed by atoms with Crippen LogP contribution in [0.1, 0.15) is 49.1 Å². The van der Waals surface area contributed by atoms with Crippen molar-refractivity contribution in [3.8, 4) is 0 Å². The van der Waals surface area contributed by atoms with Gasteiger partial charge in [0.2, 0.25) is 5.78 Å². The fraction of sp³-hybridized carbons (Fsp3) is 0.158. The quantitative estimate of drug-likeness (QED) is 0.372. The van der Waals surface area contributed by atoms with E-state index in [9.17, 15) is 29.3 Å². The summed E-state index contributed by atoms with van der Waals surface area (Å²) >= 11 is 0. The Kier molecular flexibility index (Phi) is 4.99. The number of hydrogen-bond donors (Lipinski definition) is 0. The number of esters is 2. The van der Waals surface area contributed by atoms with Crippen LogP contribution >= 0.6 is 0 Å². The van der Waals surface area contributed by atoms with Crippen molar-refractivity contribution in [2.75, 3.05) is 13.2 Å². The van der Waals surface area contributed by atoms with Crippen LogP contribution in [0, 0.1) is 10.1 Å². The molecule has 1 aliphatic rings. The second-order valence-corrected chi connectivity index (χ2v) is 5.73. The maximum absolute atomic E-state index is 12.8. The summed E-state index contributed by atoms with van der Waals surface area (Å²) in [6.45, 7) is 0.899. The van der Waals surface area contributed by atoms with Crippen LogP contribution in [0.4, 0.5) is 5.69 Å². The van der Waals surface area contributed by atoms with Crippen LogP contribution < -0.4 is 0 Å². The molecular formula is C19H13NO8. The number of hydrogen-bond acceptors (Lipinski definition) is 8. The van der Waals surface area contributed by atoms with Gasteiger partial charge in [0, 0.05) is 16.7 Å². The molecule has 0 amide bonds. The van der Waals surface area contributed by atoms with Crippen molar-refractivity contribution in [1.82, 2.24) is 0 Å². The average Bonchev–Trinajstić information content (AvgIpc) is 2.69. The molecule has 0 unspecified atom stereocenters. The summed E-state index contributed by atoms with van der Waals surface area (Å²) in [4.78, 5) is 59.8. The lowest BCUT2D eigenvalue weighted by atomic mass is 9.82. The summed E-state index contributed by atoms with van der Waals surface area (Å²) < 4.78 is 9.36. The largest absolute Gasteiger partial charge is 0.463 e. The molecule has 28 heavy (non-hydrogen) atoms. The number of nitrogens with zero attached hydrogens (tertiary/aromatic N) is 1. The monoisotopic (exact) mass is 383 g/mol. The zero-order valence-electron chi connectivity index (χ0n) is 14.6. The summed E-state index contributed by atoms with van der Waals surface area (Å²) in [5.74, 6) is -3.30. The number of nitro groups is 1. The molecule has 0 fully saturated rings. The van der Waals surface area contributed by atoms with E-state index in [0.29, 0.717) is 0 Å². The number of fused-ring (bicyclic) bond motifs is 2. The molecule has 0 heterocycles. The van der Waals surface area contributed by atoms with E-state index < -0.39 is 51.8 Å². The van der Waals surface area contributed by atoms with E-state index in [-0.39, 0.29) is 23.3 Å². The third-order valence-electron chi connectivity index (χ3n) is 4.09. The predicted octanol–water partition coefficient (Wildman–Crippen LogP) is 2.09. The molecule has 0 aromatic heterocycles. The standard InChI is InChI=1S/C19H13NO8/c1-2-27-14(21)9-28-19(24)13-8-7-12-15(16(13)20(25)26)18(23)11-6-4-3-5-10(11)17(12)22/h3-8H,2,9H2,1H3. The molecule has 9 nitrogen and oxygen atoms in total. The van der Waals surface area contributed by atoms with Crippen molar-refractivity contribution in [1.29, 1.82) is 0 Å². The summed E-state index contributed by atoms with van der Waals surface area (Å²) in [6.07, 6.45) is 0. The molecule has 0 aliphatic heterocycles. The Hall–Kier alpha value is -3.88. The van der Waals surface area contributed by atoms with Crippen LogP contribution in [0.3, 0.4) is 0 Å². The van der Waals surface area contributed by atoms with Gasteiger partial charge in [0.1, 0.15) is 11.1 Å². The predicted molar refractivity (Wildman–Crippen MR) is 93.3 cm³/mol. The molecule has 0 radical (unpaired) electrons. The van der Waals surface area contributed by atoms with Crippen molar-refractivity contribution in [3.63, 3.8) is 0 Å². The summed E-state index contributed by atoms with van der Waals surface area (Å²) in [7, 11) is 0. The van der Waals surface area contributed by atoms with Gasteiger partial charge in [-0.1, -0.05) is 24.3 Å². The molecule has 0 saturated heterocycles. The van der Waals surface area contributed by atoms with Crippen molar-refractivity contribution < 1.29 is 33.6 Å². The smallest absolute Gasteiger partial charge is 0.345 e. The third-order valence-corrected chi connectivity index (χ3v) is 4.09. The maximum atomic E-state index is 12.8. The lowest BCUT2D eigenvalue weighted by Gasteiger charge is -2.18. The van der Waals surface area contributed by atoms with Crippen LogP contribution in [0.5, 0.6) is 0 Å². The molecule has 3 rings (SSSR count). The molecule has 142 valence electrons. The second-order valence-electron chi connectivity index (χ2n) is 5.73. The maximum Gasteiger partial charge on any atom is 0.345 e.